The summed E-state index contributed by atoms with van der Waals surface area (Å²) in [5, 5.41) is 11.8. The van der Waals surface area contributed by atoms with E-state index in [2.05, 4.69) is 0 Å². The van der Waals surface area contributed by atoms with E-state index in [-0.39, 0.29) is 11.5 Å². The highest BCUT2D eigenvalue weighted by molar-refractivity contribution is 6.36. The molecule has 1 aliphatic heterocycles. The quantitative estimate of drug-likeness (QED) is 0.823. The lowest BCUT2D eigenvalue weighted by atomic mass is 10.1. The van der Waals surface area contributed by atoms with Gasteiger partial charge >= 0.3 is 0 Å². The molecule has 0 spiro atoms. The van der Waals surface area contributed by atoms with E-state index < -0.39 is 5.97 Å². The molecule has 1 fully saturated rings. The zero-order valence-electron chi connectivity index (χ0n) is 13.2. The number of carboxylic acid groups (broad SMARTS) is 1. The minimum atomic E-state index is -1.20. The van der Waals surface area contributed by atoms with Gasteiger partial charge in [0.05, 0.1) is 16.6 Å². The van der Waals surface area contributed by atoms with Crippen molar-refractivity contribution in [2.45, 2.75) is 0 Å². The SMILES string of the molecule is O=C([O-])c1cccc(N2CCN(C(=O)c3ccc(Cl)cc3Cl)CC2)c1. The Labute approximate surface area is 155 Å². The number of hydrogen-bond donors (Lipinski definition) is 0. The van der Waals surface area contributed by atoms with Crippen LogP contribution in [0.4, 0.5) is 5.69 Å². The Balaban J connectivity index is 1.68. The molecule has 0 aromatic heterocycles. The molecular weight excluding hydrogens is 363 g/mol. The van der Waals surface area contributed by atoms with Crippen molar-refractivity contribution in [1.29, 1.82) is 0 Å². The average molecular weight is 378 g/mol. The van der Waals surface area contributed by atoms with Crippen molar-refractivity contribution in [3.05, 3.63) is 63.6 Å². The number of nitrogens with zero attached hydrogens (tertiary/aromatic N) is 2. The fourth-order valence-electron chi connectivity index (χ4n) is 2.83. The number of carboxylic acids is 1. The number of benzene rings is 2. The summed E-state index contributed by atoms with van der Waals surface area (Å²) in [5.74, 6) is -1.34. The van der Waals surface area contributed by atoms with Gasteiger partial charge in [0.25, 0.3) is 5.91 Å². The molecule has 130 valence electrons. The van der Waals surface area contributed by atoms with E-state index in [9.17, 15) is 14.7 Å². The molecule has 2 aromatic carbocycles. The van der Waals surface area contributed by atoms with Gasteiger partial charge in [-0.3, -0.25) is 4.79 Å². The van der Waals surface area contributed by atoms with Gasteiger partial charge in [-0.25, -0.2) is 0 Å². The number of rotatable bonds is 3. The number of amides is 1. The van der Waals surface area contributed by atoms with Crippen LogP contribution >= 0.6 is 23.2 Å². The van der Waals surface area contributed by atoms with Crippen molar-refractivity contribution in [2.75, 3.05) is 31.1 Å². The maximum absolute atomic E-state index is 12.6. The third-order valence-corrected chi connectivity index (χ3v) is 4.72. The lowest BCUT2D eigenvalue weighted by Gasteiger charge is -2.36. The first-order valence-corrected chi connectivity index (χ1v) is 8.52. The Bertz CT molecular complexity index is 818. The molecule has 2 aromatic rings. The van der Waals surface area contributed by atoms with Crippen molar-refractivity contribution < 1.29 is 14.7 Å². The van der Waals surface area contributed by atoms with Crippen molar-refractivity contribution in [3.8, 4) is 0 Å². The number of carbonyl (C=O) groups is 2. The molecule has 7 heteroatoms. The summed E-state index contributed by atoms with van der Waals surface area (Å²) < 4.78 is 0. The molecular formula is C18H15Cl2N2O3-. The van der Waals surface area contributed by atoms with E-state index in [1.807, 2.05) is 11.0 Å². The predicted molar refractivity (Wildman–Crippen MR) is 95.4 cm³/mol. The molecule has 3 rings (SSSR count). The summed E-state index contributed by atoms with van der Waals surface area (Å²) in [7, 11) is 0. The van der Waals surface area contributed by atoms with Crippen molar-refractivity contribution >= 4 is 40.8 Å². The highest BCUT2D eigenvalue weighted by atomic mass is 35.5. The minimum absolute atomic E-state index is 0.134. The molecule has 0 bridgehead atoms. The molecule has 1 saturated heterocycles. The van der Waals surface area contributed by atoms with Crippen LogP contribution in [0.25, 0.3) is 0 Å². The lowest BCUT2D eigenvalue weighted by molar-refractivity contribution is -0.255. The number of halogens is 2. The zero-order chi connectivity index (χ0) is 18.0. The smallest absolute Gasteiger partial charge is 0.255 e. The number of anilines is 1. The number of piperazine rings is 1. The summed E-state index contributed by atoms with van der Waals surface area (Å²) in [6.45, 7) is 2.25. The first-order valence-electron chi connectivity index (χ1n) is 7.76. The second-order valence-corrected chi connectivity index (χ2v) is 6.58. The third-order valence-electron chi connectivity index (χ3n) is 4.18. The number of carbonyl (C=O) groups excluding carboxylic acids is 2. The Morgan fingerprint density at radius 2 is 1.68 bits per heavy atom. The standard InChI is InChI=1S/C18H16Cl2N2O3/c19-13-4-5-15(16(20)11-13)17(23)22-8-6-21(7-9-22)14-3-1-2-12(10-14)18(24)25/h1-5,10-11H,6-9H2,(H,24,25)/p-1. The van der Waals surface area contributed by atoms with Gasteiger partial charge in [0.2, 0.25) is 0 Å². The van der Waals surface area contributed by atoms with Crippen molar-refractivity contribution in [1.82, 2.24) is 4.90 Å². The van der Waals surface area contributed by atoms with Gasteiger partial charge in [0, 0.05) is 36.9 Å². The Morgan fingerprint density at radius 3 is 2.32 bits per heavy atom. The van der Waals surface area contributed by atoms with Gasteiger partial charge in [0.15, 0.2) is 0 Å². The molecule has 0 aliphatic carbocycles. The lowest BCUT2D eigenvalue weighted by Crippen LogP contribution is -2.48. The molecule has 25 heavy (non-hydrogen) atoms. The Kier molecular flexibility index (Phi) is 5.16. The molecule has 0 saturated carbocycles. The fraction of sp³-hybridized carbons (Fsp3) is 0.222. The summed E-state index contributed by atoms with van der Waals surface area (Å²) in [4.78, 5) is 27.4. The number of aromatic carboxylic acids is 1. The van der Waals surface area contributed by atoms with Gasteiger partial charge in [-0.05, 0) is 35.9 Å². The van der Waals surface area contributed by atoms with E-state index >= 15 is 0 Å². The van der Waals surface area contributed by atoms with E-state index in [0.717, 1.165) is 5.69 Å². The minimum Gasteiger partial charge on any atom is -0.545 e. The highest BCUT2D eigenvalue weighted by Gasteiger charge is 2.24. The van der Waals surface area contributed by atoms with E-state index in [1.54, 1.807) is 35.2 Å². The summed E-state index contributed by atoms with van der Waals surface area (Å²) in [5.41, 5.74) is 1.38. The molecule has 1 aliphatic rings. The summed E-state index contributed by atoms with van der Waals surface area (Å²) in [6.07, 6.45) is 0. The van der Waals surface area contributed by atoms with Crippen LogP contribution in [0.2, 0.25) is 10.0 Å². The maximum Gasteiger partial charge on any atom is 0.255 e. The van der Waals surface area contributed by atoms with Crippen LogP contribution < -0.4 is 10.0 Å². The van der Waals surface area contributed by atoms with Crippen LogP contribution in [-0.4, -0.2) is 43.0 Å². The normalized spacial score (nSPS) is 14.5. The van der Waals surface area contributed by atoms with E-state index in [1.165, 1.54) is 6.07 Å². The van der Waals surface area contributed by atoms with E-state index in [4.69, 9.17) is 23.2 Å². The Hall–Kier alpha value is -2.24. The molecule has 1 heterocycles. The van der Waals surface area contributed by atoms with Crippen LogP contribution in [0.5, 0.6) is 0 Å². The van der Waals surface area contributed by atoms with Crippen molar-refractivity contribution in [2.24, 2.45) is 0 Å². The largest absolute Gasteiger partial charge is 0.545 e. The Morgan fingerprint density at radius 1 is 0.960 bits per heavy atom. The van der Waals surface area contributed by atoms with Crippen LogP contribution in [0, 0.1) is 0 Å². The average Bonchev–Trinajstić information content (AvgIpc) is 2.61. The third kappa shape index (κ3) is 3.89. The van der Waals surface area contributed by atoms with Gasteiger partial charge in [-0.1, -0.05) is 35.3 Å². The van der Waals surface area contributed by atoms with Crippen LogP contribution in [0.3, 0.4) is 0 Å². The second kappa shape index (κ2) is 7.33. The molecule has 1 amide bonds. The topological polar surface area (TPSA) is 63.7 Å². The first-order chi connectivity index (χ1) is 12.0. The van der Waals surface area contributed by atoms with E-state index in [0.29, 0.717) is 41.8 Å². The summed E-state index contributed by atoms with van der Waals surface area (Å²) in [6, 6.07) is 11.4. The van der Waals surface area contributed by atoms with Gasteiger partial charge < -0.3 is 19.7 Å². The molecule has 0 radical (unpaired) electrons. The highest BCUT2D eigenvalue weighted by Crippen LogP contribution is 2.24. The fourth-order valence-corrected chi connectivity index (χ4v) is 3.32. The molecule has 5 nitrogen and oxygen atoms in total. The van der Waals surface area contributed by atoms with Gasteiger partial charge in [-0.2, -0.15) is 0 Å². The molecule has 0 atom stereocenters. The predicted octanol–water partition coefficient (Wildman–Crippen LogP) is 2.32. The van der Waals surface area contributed by atoms with Crippen molar-refractivity contribution in [3.63, 3.8) is 0 Å². The number of hydrogen-bond acceptors (Lipinski definition) is 4. The zero-order valence-corrected chi connectivity index (χ0v) is 14.8. The van der Waals surface area contributed by atoms with Crippen LogP contribution in [0.15, 0.2) is 42.5 Å². The van der Waals surface area contributed by atoms with Gasteiger partial charge in [0.1, 0.15) is 0 Å². The first kappa shape index (κ1) is 17.6. The van der Waals surface area contributed by atoms with Crippen LogP contribution in [0.1, 0.15) is 20.7 Å². The summed E-state index contributed by atoms with van der Waals surface area (Å²) >= 11 is 12.0. The monoisotopic (exact) mass is 377 g/mol. The molecule has 0 N–H and O–H groups in total. The molecule has 0 unspecified atom stereocenters. The van der Waals surface area contributed by atoms with Crippen LogP contribution in [-0.2, 0) is 0 Å². The second-order valence-electron chi connectivity index (χ2n) is 5.74. The maximum atomic E-state index is 12.6. The van der Waals surface area contributed by atoms with Gasteiger partial charge in [-0.15, -0.1) is 0 Å².